The summed E-state index contributed by atoms with van der Waals surface area (Å²) in [5.74, 6) is -0.0224. The fourth-order valence-electron chi connectivity index (χ4n) is 5.75. The van der Waals surface area contributed by atoms with Gasteiger partial charge < -0.3 is 15.1 Å². The van der Waals surface area contributed by atoms with Crippen LogP contribution in [-0.4, -0.2) is 87.0 Å². The Morgan fingerprint density at radius 3 is 1.91 bits per heavy atom. The van der Waals surface area contributed by atoms with E-state index in [0.717, 1.165) is 11.1 Å². The van der Waals surface area contributed by atoms with E-state index < -0.39 is 17.7 Å². The van der Waals surface area contributed by atoms with E-state index in [0.29, 0.717) is 32.7 Å². The Balaban J connectivity index is 1.86. The lowest BCUT2D eigenvalue weighted by molar-refractivity contribution is -0.913. The van der Waals surface area contributed by atoms with Gasteiger partial charge in [0.1, 0.15) is 18.6 Å². The molecule has 2 heterocycles. The van der Waals surface area contributed by atoms with E-state index in [1.807, 2.05) is 57.2 Å². The number of carbonyl (C=O) groups is 2. The highest BCUT2D eigenvalue weighted by atomic mass is 16.4. The molecule has 33 heavy (non-hydrogen) atoms. The van der Waals surface area contributed by atoms with Crippen LogP contribution in [0.5, 0.6) is 0 Å². The van der Waals surface area contributed by atoms with Gasteiger partial charge in [-0.3, -0.25) is 4.90 Å². The molecule has 0 aromatic heterocycles. The molecule has 176 valence electrons. The average Bonchev–Trinajstić information content (AvgIpc) is 2.79. The number of hydrogen-bond acceptors (Lipinski definition) is 3. The third-order valence-electron chi connectivity index (χ3n) is 7.60. The van der Waals surface area contributed by atoms with Gasteiger partial charge in [-0.05, 0) is 31.9 Å². The largest absolute Gasteiger partial charge is 0.514 e. The maximum atomic E-state index is 12.9. The summed E-state index contributed by atoms with van der Waals surface area (Å²) in [6.07, 6.45) is -1.79. The van der Waals surface area contributed by atoms with Crippen LogP contribution in [0.1, 0.15) is 37.8 Å². The molecule has 1 unspecified atom stereocenters. The second-order valence-electron chi connectivity index (χ2n) is 10.3. The van der Waals surface area contributed by atoms with Crippen molar-refractivity contribution in [3.8, 4) is 0 Å². The van der Waals surface area contributed by atoms with Crippen molar-refractivity contribution >= 4 is 12.2 Å². The summed E-state index contributed by atoms with van der Waals surface area (Å²) in [7, 11) is 0. The van der Waals surface area contributed by atoms with Gasteiger partial charge in [-0.1, -0.05) is 60.7 Å². The van der Waals surface area contributed by atoms with Crippen LogP contribution in [0.25, 0.3) is 0 Å². The SMILES string of the molecule is CC(C)(C)[N+]1(C(=O)O)C[C@@H]2CN(C(=O)O)CCN2[C@H](C(c2ccccc2)c2ccccc2)C1. The molecular weight excluding hydrogens is 418 g/mol. The molecule has 0 spiro atoms. The molecule has 2 amide bonds. The Hall–Kier alpha value is -2.90. The molecule has 3 atom stereocenters. The van der Waals surface area contributed by atoms with Crippen LogP contribution in [0.2, 0.25) is 0 Å². The standard InChI is InChI=1S/C26H33N3O4/c1-26(2,3)29(25(32)33)17-21-16-27(24(30)31)14-15-28(21)22(18-29)23(19-10-6-4-7-11-19)20-12-8-5-9-13-20/h4-13,21-23H,14-18H2,1-3H3,(H-,30,31,32,33)/p+1/t21-,22-,29?/m0/s1. The van der Waals surface area contributed by atoms with Gasteiger partial charge in [0, 0.05) is 25.6 Å². The summed E-state index contributed by atoms with van der Waals surface area (Å²) in [4.78, 5) is 28.5. The second-order valence-corrected chi connectivity index (χ2v) is 10.3. The number of fused-ring (bicyclic) bond motifs is 1. The smallest absolute Gasteiger partial charge is 0.465 e. The Kier molecular flexibility index (Phi) is 6.20. The molecule has 0 bridgehead atoms. The molecule has 2 aliphatic heterocycles. The van der Waals surface area contributed by atoms with Crippen molar-refractivity contribution in [2.75, 3.05) is 32.7 Å². The molecule has 0 aliphatic carbocycles. The maximum Gasteiger partial charge on any atom is 0.514 e. The number of rotatable bonds is 3. The zero-order valence-corrected chi connectivity index (χ0v) is 19.6. The molecule has 2 aromatic rings. The Bertz CT molecular complexity index is 952. The maximum absolute atomic E-state index is 12.9. The Labute approximate surface area is 195 Å². The molecule has 2 N–H and O–H groups in total. The van der Waals surface area contributed by atoms with Gasteiger partial charge in [-0.15, -0.1) is 0 Å². The van der Waals surface area contributed by atoms with Crippen LogP contribution in [-0.2, 0) is 0 Å². The van der Waals surface area contributed by atoms with Crippen LogP contribution in [0.4, 0.5) is 9.59 Å². The number of benzene rings is 2. The first kappa shape index (κ1) is 23.3. The molecule has 2 fully saturated rings. The van der Waals surface area contributed by atoms with E-state index in [4.69, 9.17) is 0 Å². The molecule has 7 nitrogen and oxygen atoms in total. The van der Waals surface area contributed by atoms with E-state index in [1.165, 1.54) is 4.90 Å². The van der Waals surface area contributed by atoms with Crippen molar-refractivity contribution in [3.05, 3.63) is 71.8 Å². The van der Waals surface area contributed by atoms with Gasteiger partial charge in [-0.25, -0.2) is 9.28 Å². The fraction of sp³-hybridized carbons (Fsp3) is 0.462. The number of piperazine rings is 2. The molecule has 4 rings (SSSR count). The topological polar surface area (TPSA) is 81.1 Å². The van der Waals surface area contributed by atoms with E-state index in [9.17, 15) is 19.8 Å². The quantitative estimate of drug-likeness (QED) is 0.684. The van der Waals surface area contributed by atoms with E-state index >= 15 is 0 Å². The molecular formula is C26H34N3O4+. The van der Waals surface area contributed by atoms with Crippen molar-refractivity contribution in [2.24, 2.45) is 0 Å². The van der Waals surface area contributed by atoms with Gasteiger partial charge in [-0.2, -0.15) is 4.79 Å². The first-order chi connectivity index (χ1) is 15.6. The monoisotopic (exact) mass is 452 g/mol. The first-order valence-corrected chi connectivity index (χ1v) is 11.6. The minimum absolute atomic E-state index is 0.0224. The molecule has 2 aromatic carbocycles. The normalized spacial score (nSPS) is 26.1. The summed E-state index contributed by atoms with van der Waals surface area (Å²) in [6.45, 7) is 8.13. The van der Waals surface area contributed by atoms with Gasteiger partial charge in [0.15, 0.2) is 0 Å². The molecule has 2 aliphatic rings. The van der Waals surface area contributed by atoms with Crippen molar-refractivity contribution in [1.82, 2.24) is 9.80 Å². The van der Waals surface area contributed by atoms with Gasteiger partial charge >= 0.3 is 12.2 Å². The van der Waals surface area contributed by atoms with E-state index in [-0.39, 0.29) is 22.5 Å². The highest BCUT2D eigenvalue weighted by Crippen LogP contribution is 2.41. The molecule has 2 saturated heterocycles. The fourth-order valence-corrected chi connectivity index (χ4v) is 5.75. The van der Waals surface area contributed by atoms with Crippen LogP contribution in [0.15, 0.2) is 60.7 Å². The third kappa shape index (κ3) is 4.23. The third-order valence-corrected chi connectivity index (χ3v) is 7.60. The highest BCUT2D eigenvalue weighted by molar-refractivity contribution is 5.65. The summed E-state index contributed by atoms with van der Waals surface area (Å²) >= 11 is 0. The van der Waals surface area contributed by atoms with Gasteiger partial charge in [0.2, 0.25) is 0 Å². The Morgan fingerprint density at radius 1 is 0.909 bits per heavy atom. The summed E-state index contributed by atoms with van der Waals surface area (Å²) in [6, 6.07) is 20.3. The summed E-state index contributed by atoms with van der Waals surface area (Å²) in [5.41, 5.74) is 1.75. The van der Waals surface area contributed by atoms with E-state index in [2.05, 4.69) is 29.2 Å². The predicted molar refractivity (Wildman–Crippen MR) is 126 cm³/mol. The van der Waals surface area contributed by atoms with Crippen molar-refractivity contribution < 1.29 is 24.3 Å². The van der Waals surface area contributed by atoms with Crippen molar-refractivity contribution in [2.45, 2.75) is 44.3 Å². The summed E-state index contributed by atoms with van der Waals surface area (Å²) in [5, 5.41) is 20.2. The van der Waals surface area contributed by atoms with Crippen LogP contribution >= 0.6 is 0 Å². The number of nitrogens with zero attached hydrogens (tertiary/aromatic N) is 3. The van der Waals surface area contributed by atoms with Crippen molar-refractivity contribution in [1.29, 1.82) is 0 Å². The second kappa shape index (κ2) is 8.80. The van der Waals surface area contributed by atoms with Crippen LogP contribution < -0.4 is 0 Å². The number of amides is 2. The van der Waals surface area contributed by atoms with Crippen LogP contribution in [0, 0.1) is 0 Å². The zero-order chi connectivity index (χ0) is 23.8. The minimum Gasteiger partial charge on any atom is -0.465 e. The molecule has 0 radical (unpaired) electrons. The van der Waals surface area contributed by atoms with Crippen LogP contribution in [0.3, 0.4) is 0 Å². The lowest BCUT2D eigenvalue weighted by atomic mass is 9.80. The molecule has 0 saturated carbocycles. The number of quaternary nitrogens is 1. The number of hydrogen-bond donors (Lipinski definition) is 2. The lowest BCUT2D eigenvalue weighted by Crippen LogP contribution is -2.78. The van der Waals surface area contributed by atoms with E-state index in [1.54, 1.807) is 0 Å². The number of carboxylic acid groups (broad SMARTS) is 2. The highest BCUT2D eigenvalue weighted by Gasteiger charge is 2.58. The predicted octanol–water partition coefficient (Wildman–Crippen LogP) is 4.16. The zero-order valence-electron chi connectivity index (χ0n) is 19.6. The average molecular weight is 453 g/mol. The lowest BCUT2D eigenvalue weighted by Gasteiger charge is -2.57. The Morgan fingerprint density at radius 2 is 1.45 bits per heavy atom. The van der Waals surface area contributed by atoms with Crippen molar-refractivity contribution in [3.63, 3.8) is 0 Å². The molecule has 7 heteroatoms. The minimum atomic E-state index is -0.941. The van der Waals surface area contributed by atoms with Gasteiger partial charge in [0.05, 0.1) is 12.1 Å². The van der Waals surface area contributed by atoms with Gasteiger partial charge in [0.25, 0.3) is 0 Å². The first-order valence-electron chi connectivity index (χ1n) is 11.6. The summed E-state index contributed by atoms with van der Waals surface area (Å²) < 4.78 is -0.0948.